The van der Waals surface area contributed by atoms with E-state index in [2.05, 4.69) is 50.0 Å². The number of benzene rings is 3. The summed E-state index contributed by atoms with van der Waals surface area (Å²) in [6.45, 7) is 13.6. The molecule has 3 aromatic carbocycles. The fourth-order valence-electron chi connectivity index (χ4n) is 16.6. The van der Waals surface area contributed by atoms with E-state index in [9.17, 15) is 58.2 Å². The number of rotatable bonds is 29. The highest BCUT2D eigenvalue weighted by atomic mass is 32.1. The van der Waals surface area contributed by atoms with Gasteiger partial charge in [-0.2, -0.15) is 0 Å². The second-order valence-electron chi connectivity index (χ2n) is 28.9. The van der Waals surface area contributed by atoms with Gasteiger partial charge in [0, 0.05) is 92.6 Å². The third-order valence-electron chi connectivity index (χ3n) is 20.1. The smallest absolute Gasteiger partial charge is 0.408 e. The molecular weight excluding hydrogens is 1300 g/mol. The minimum atomic E-state index is -1.46. The molecule has 528 valence electrons. The number of fused-ring (bicyclic) bond motifs is 2. The van der Waals surface area contributed by atoms with Crippen LogP contribution in [0.3, 0.4) is 0 Å². The number of hydrogen-bond donors (Lipinski definition) is 7. The molecule has 8 amide bonds. The van der Waals surface area contributed by atoms with Crippen molar-refractivity contribution in [2.75, 3.05) is 48.8 Å². The second-order valence-corrected chi connectivity index (χ2v) is 29.9. The van der Waals surface area contributed by atoms with Gasteiger partial charge >= 0.3 is 18.0 Å². The lowest BCUT2D eigenvalue weighted by atomic mass is 9.39. The van der Waals surface area contributed by atoms with E-state index >= 15 is 0 Å². The van der Waals surface area contributed by atoms with Crippen molar-refractivity contribution in [3.05, 3.63) is 137 Å². The minimum absolute atomic E-state index is 0.0382. The number of anilines is 3. The van der Waals surface area contributed by atoms with E-state index in [0.29, 0.717) is 78.6 Å². The Kier molecular flexibility index (Phi) is 21.1. The molecule has 2 aliphatic heterocycles. The summed E-state index contributed by atoms with van der Waals surface area (Å²) < 4.78 is 15.6. The Labute approximate surface area is 583 Å². The maximum Gasteiger partial charge on any atom is 0.408 e. The number of hydrogen-bond acceptors (Lipinski definition) is 16. The van der Waals surface area contributed by atoms with Crippen LogP contribution in [-0.2, 0) is 69.2 Å². The fraction of sp³-hybridized carbons (Fsp3) is 0.459. The number of carboxylic acid groups (broad SMARTS) is 2. The lowest BCUT2D eigenvalue weighted by Crippen LogP contribution is -2.64. The molecule has 5 heterocycles. The van der Waals surface area contributed by atoms with Gasteiger partial charge in [0.15, 0.2) is 10.8 Å². The number of aromatic carboxylic acids is 1. The number of nitrogens with zero attached hydrogens (tertiary/aromatic N) is 6. The number of nitrogens with one attached hydrogen (secondary N) is 5. The number of alkyl carbamates (subject to hydrolysis) is 1. The van der Waals surface area contributed by atoms with E-state index in [1.165, 1.54) is 42.4 Å². The molecule has 2 unspecified atom stereocenters. The summed E-state index contributed by atoms with van der Waals surface area (Å²) in [6, 6.07) is 22.0. The minimum Gasteiger partial charge on any atom is -0.481 e. The third kappa shape index (κ3) is 16.4. The summed E-state index contributed by atoms with van der Waals surface area (Å²) in [7, 11) is 1.54. The number of aliphatic carboxylic acids is 1. The molecule has 7 N–H and O–H groups in total. The number of carbonyl (C=O) groups is 10. The van der Waals surface area contributed by atoms with Crippen LogP contribution in [0, 0.1) is 29.1 Å². The van der Waals surface area contributed by atoms with E-state index in [1.54, 1.807) is 44.2 Å². The van der Waals surface area contributed by atoms with Crippen molar-refractivity contribution in [1.29, 1.82) is 0 Å². The molecule has 0 radical (unpaired) electrons. The molecule has 4 aliphatic carbocycles. The first kappa shape index (κ1) is 71.5. The fourth-order valence-corrected chi connectivity index (χ4v) is 17.4. The lowest BCUT2D eigenvalue weighted by molar-refractivity contribution is -0.248. The number of carbonyl (C=O) groups excluding carboxylic acids is 8. The predicted octanol–water partition coefficient (Wildman–Crippen LogP) is 9.41. The van der Waals surface area contributed by atoms with Crippen LogP contribution in [0.2, 0.25) is 0 Å². The van der Waals surface area contributed by atoms with Crippen molar-refractivity contribution in [1.82, 2.24) is 40.3 Å². The van der Waals surface area contributed by atoms with Crippen LogP contribution >= 0.6 is 11.3 Å². The van der Waals surface area contributed by atoms with E-state index in [4.69, 9.17) is 14.5 Å². The molecule has 12 rings (SSSR count). The molecule has 4 bridgehead atoms. The molecule has 0 saturated heterocycles. The van der Waals surface area contributed by atoms with E-state index < -0.39 is 65.9 Å². The Bertz CT molecular complexity index is 4150. The van der Waals surface area contributed by atoms with Crippen molar-refractivity contribution in [3.63, 3.8) is 0 Å². The van der Waals surface area contributed by atoms with Crippen molar-refractivity contribution >= 4 is 97.6 Å². The van der Waals surface area contributed by atoms with Gasteiger partial charge in [0.2, 0.25) is 23.6 Å². The normalized spacial score (nSPS) is 21.3. The lowest BCUT2D eigenvalue weighted by Gasteiger charge is -2.69. The van der Waals surface area contributed by atoms with Gasteiger partial charge in [0.25, 0.3) is 17.7 Å². The average Bonchev–Trinajstić information content (AvgIpc) is 0.723. The first-order valence-electron chi connectivity index (χ1n) is 34.1. The predicted molar refractivity (Wildman–Crippen MR) is 374 cm³/mol. The molecule has 3 aromatic heterocycles. The number of unbranched alkanes of at least 4 members (excludes halogenated alkanes) is 2. The van der Waals surface area contributed by atoms with E-state index in [-0.39, 0.29) is 84.2 Å². The Balaban J connectivity index is 0.651. The molecule has 6 aliphatic rings. The first-order valence-corrected chi connectivity index (χ1v) is 34.9. The van der Waals surface area contributed by atoms with Crippen LogP contribution in [0.1, 0.15) is 148 Å². The molecule has 4 saturated carbocycles. The SMILES string of the molecule is Cc1c(-c2ccc(N3CCc4cccc(C(=O)Nc5nc6ccccc6s5)c4C3)nc2C(=O)O)ccn1CC12CC3(C)CC(C)(C1)CC(OCCN(C)C(=O)[C@H](CC(=O)O)NC(=O)OCc1ccc(NC(=O)[C@H](C)NC(=O)[C@@H](NC(=O)CCCCCN4C(=O)C=CC4=O)C(C)C)cc1)(C3)C2. The van der Waals surface area contributed by atoms with Gasteiger partial charge in [-0.25, -0.2) is 19.6 Å². The second kappa shape index (κ2) is 29.6. The van der Waals surface area contributed by atoms with E-state index in [0.717, 1.165) is 76.0 Å². The summed E-state index contributed by atoms with van der Waals surface area (Å²) in [6.07, 6.45) is 10.5. The molecule has 0 spiro atoms. The molecular formula is C74H87N11O14S. The van der Waals surface area contributed by atoms with Crippen LogP contribution in [0.15, 0.2) is 103 Å². The Hall–Kier alpha value is -9.82. The van der Waals surface area contributed by atoms with Crippen LogP contribution in [0.5, 0.6) is 0 Å². The highest BCUT2D eigenvalue weighted by Crippen LogP contribution is 2.72. The van der Waals surface area contributed by atoms with Crippen LogP contribution in [0.25, 0.3) is 21.3 Å². The Morgan fingerprint density at radius 3 is 2.19 bits per heavy atom. The molecule has 6 aromatic rings. The highest BCUT2D eigenvalue weighted by Gasteiger charge is 2.66. The molecule has 4 fully saturated rings. The number of thiazole rings is 1. The van der Waals surface area contributed by atoms with Gasteiger partial charge in [0.1, 0.15) is 30.6 Å². The summed E-state index contributed by atoms with van der Waals surface area (Å²) >= 11 is 1.41. The summed E-state index contributed by atoms with van der Waals surface area (Å²) in [5, 5.41) is 34.7. The van der Waals surface area contributed by atoms with Gasteiger partial charge in [0.05, 0.1) is 28.8 Å². The zero-order valence-corrected chi connectivity index (χ0v) is 58.3. The molecule has 100 heavy (non-hydrogen) atoms. The van der Waals surface area contributed by atoms with Gasteiger partial charge in [-0.1, -0.05) is 81.9 Å². The number of pyridine rings is 1. The van der Waals surface area contributed by atoms with Crippen molar-refractivity contribution in [2.45, 2.75) is 162 Å². The van der Waals surface area contributed by atoms with Crippen molar-refractivity contribution in [3.8, 4) is 11.1 Å². The van der Waals surface area contributed by atoms with Crippen molar-refractivity contribution < 1.29 is 67.6 Å². The zero-order chi connectivity index (χ0) is 71.4. The van der Waals surface area contributed by atoms with Gasteiger partial charge < -0.3 is 55.3 Å². The maximum absolute atomic E-state index is 14.0. The quantitative estimate of drug-likeness (QED) is 0.0170. The van der Waals surface area contributed by atoms with Gasteiger partial charge in [-0.05, 0) is 159 Å². The number of ether oxygens (including phenoxy) is 2. The summed E-state index contributed by atoms with van der Waals surface area (Å²) in [5.41, 5.74) is 5.47. The van der Waals surface area contributed by atoms with Crippen molar-refractivity contribution in [2.24, 2.45) is 22.2 Å². The number of aromatic nitrogens is 3. The monoisotopic (exact) mass is 1390 g/mol. The van der Waals surface area contributed by atoms with E-state index in [1.807, 2.05) is 72.6 Å². The number of likely N-dealkylation sites (N-methyl/N-ethyl adjacent to an activating group) is 1. The largest absolute Gasteiger partial charge is 0.481 e. The Morgan fingerprint density at radius 2 is 1.49 bits per heavy atom. The summed E-state index contributed by atoms with van der Waals surface area (Å²) in [5.74, 6) is -5.32. The first-order chi connectivity index (χ1) is 47.6. The standard InChI is InChI=1S/C74H87N11O14S/c1-44(2)62(80-58(86)18-9-8-12-29-85-59(87)25-26-60(85)88)66(93)75-45(3)64(91)76-49-21-19-47(20-22-49)36-98-70(97)78-55(34-61(89)90)67(94)82(7)32-33-99-74-40-71(5)37-72(6,41-74)39-73(38-71,42-74)43-84-31-28-50(46(84)4)51-23-24-57(79-63(51)68(95)96)83-30-27-48-14-13-15-52(53(48)35-83)65(92)81-69-77-54-16-10-11-17-56(54)100-69/h10-11,13-17,19-26,28,31,44-45,55,62H,8-9,12,18,27,29-30,32-43H2,1-7H3,(H,75,93)(H,76,91)(H,78,97)(H,80,86)(H,89,90)(H,95,96)(H,77,81,92)/t45-,55-,62-,71?,72?,73?,74?/m0/s1. The summed E-state index contributed by atoms with van der Waals surface area (Å²) in [4.78, 5) is 143. The topological polar surface area (TPSA) is 330 Å². The maximum atomic E-state index is 14.0. The average molecular weight is 1390 g/mol. The third-order valence-corrected chi connectivity index (χ3v) is 21.1. The number of carboxylic acids is 2. The Morgan fingerprint density at radius 1 is 0.760 bits per heavy atom. The number of imide groups is 1. The molecule has 26 heteroatoms. The number of amides is 8. The van der Waals surface area contributed by atoms with Gasteiger partial charge in [-0.3, -0.25) is 48.6 Å². The number of para-hydroxylation sites is 1. The van der Waals surface area contributed by atoms with Crippen LogP contribution in [0.4, 0.5) is 21.4 Å². The molecule has 25 nitrogen and oxygen atoms in total. The van der Waals surface area contributed by atoms with Crippen LogP contribution in [-0.4, -0.2) is 151 Å². The van der Waals surface area contributed by atoms with Crippen LogP contribution < -0.4 is 31.5 Å². The highest BCUT2D eigenvalue weighted by molar-refractivity contribution is 7.22. The zero-order valence-electron chi connectivity index (χ0n) is 57.4. The van der Waals surface area contributed by atoms with Gasteiger partial charge in [-0.15, -0.1) is 0 Å². The molecule has 5 atom stereocenters.